The van der Waals surface area contributed by atoms with Gasteiger partial charge in [-0.3, -0.25) is 0 Å². The predicted molar refractivity (Wildman–Crippen MR) is 75.6 cm³/mol. The summed E-state index contributed by atoms with van der Waals surface area (Å²) < 4.78 is 5.66. The normalized spacial score (nSPS) is 10.3. The molecule has 0 unspecified atom stereocenters. The monoisotopic (exact) mass is 330 g/mol. The molecule has 0 N–H and O–H groups in total. The molecule has 17 heavy (non-hydrogen) atoms. The van der Waals surface area contributed by atoms with E-state index >= 15 is 0 Å². The van der Waals surface area contributed by atoms with Crippen LogP contribution in [0.4, 0.5) is 0 Å². The van der Waals surface area contributed by atoms with Crippen LogP contribution in [0.5, 0.6) is 11.5 Å². The Morgan fingerprint density at radius 3 is 2.35 bits per heavy atom. The number of halogens is 3. The summed E-state index contributed by atoms with van der Waals surface area (Å²) in [5, 5.41) is 1.74. The van der Waals surface area contributed by atoms with E-state index < -0.39 is 0 Å². The van der Waals surface area contributed by atoms with E-state index in [2.05, 4.69) is 15.9 Å². The van der Waals surface area contributed by atoms with E-state index in [0.717, 1.165) is 11.1 Å². The fourth-order valence-electron chi connectivity index (χ4n) is 1.34. The van der Waals surface area contributed by atoms with E-state index in [-0.39, 0.29) is 0 Å². The Morgan fingerprint density at radius 1 is 1.00 bits per heavy atom. The summed E-state index contributed by atoms with van der Waals surface area (Å²) in [6, 6.07) is 13.1. The molecule has 0 aliphatic heterocycles. The SMILES string of the molecule is Clc1cccc(Oc2ccc(CBr)cc2)c1Cl. The average molecular weight is 332 g/mol. The third-order valence-corrected chi connectivity index (χ3v) is 3.67. The molecular weight excluding hydrogens is 323 g/mol. The predicted octanol–water partition coefficient (Wildman–Crippen LogP) is 5.68. The quantitative estimate of drug-likeness (QED) is 0.657. The largest absolute Gasteiger partial charge is 0.456 e. The van der Waals surface area contributed by atoms with Gasteiger partial charge in [-0.2, -0.15) is 0 Å². The highest BCUT2D eigenvalue weighted by molar-refractivity contribution is 9.08. The highest BCUT2D eigenvalue weighted by atomic mass is 79.9. The van der Waals surface area contributed by atoms with Crippen molar-refractivity contribution in [3.63, 3.8) is 0 Å². The Kier molecular flexibility index (Phi) is 4.32. The molecular formula is C13H9BrCl2O. The maximum atomic E-state index is 6.04. The standard InChI is InChI=1S/C13H9BrCl2O/c14-8-9-4-6-10(7-5-9)17-12-3-1-2-11(15)13(12)16/h1-7H,8H2. The topological polar surface area (TPSA) is 9.23 Å². The van der Waals surface area contributed by atoms with E-state index in [4.69, 9.17) is 27.9 Å². The first kappa shape index (κ1) is 12.7. The van der Waals surface area contributed by atoms with Crippen LogP contribution in [0.1, 0.15) is 5.56 Å². The Morgan fingerprint density at radius 2 is 1.71 bits per heavy atom. The van der Waals surface area contributed by atoms with Gasteiger partial charge in [-0.05, 0) is 29.8 Å². The third kappa shape index (κ3) is 3.15. The molecule has 0 saturated carbocycles. The van der Waals surface area contributed by atoms with Gasteiger partial charge in [0.1, 0.15) is 16.5 Å². The van der Waals surface area contributed by atoms with Crippen molar-refractivity contribution in [1.29, 1.82) is 0 Å². The molecule has 0 bridgehead atoms. The smallest absolute Gasteiger partial charge is 0.147 e. The van der Waals surface area contributed by atoms with Crippen LogP contribution in [0.15, 0.2) is 42.5 Å². The van der Waals surface area contributed by atoms with Crippen molar-refractivity contribution in [2.24, 2.45) is 0 Å². The van der Waals surface area contributed by atoms with Crippen LogP contribution in [-0.4, -0.2) is 0 Å². The van der Waals surface area contributed by atoms with Crippen molar-refractivity contribution in [1.82, 2.24) is 0 Å². The summed E-state index contributed by atoms with van der Waals surface area (Å²) in [5.41, 5.74) is 1.19. The maximum absolute atomic E-state index is 6.04. The molecule has 0 aliphatic rings. The van der Waals surface area contributed by atoms with Crippen LogP contribution >= 0.6 is 39.1 Å². The zero-order valence-corrected chi connectivity index (χ0v) is 11.9. The molecule has 0 atom stereocenters. The number of alkyl halides is 1. The van der Waals surface area contributed by atoms with Crippen LogP contribution in [0.2, 0.25) is 10.0 Å². The molecule has 0 spiro atoms. The number of benzene rings is 2. The summed E-state index contributed by atoms with van der Waals surface area (Å²) in [4.78, 5) is 0. The first-order valence-corrected chi connectivity index (χ1v) is 6.85. The summed E-state index contributed by atoms with van der Waals surface area (Å²) in [5.74, 6) is 1.30. The second kappa shape index (κ2) is 5.76. The fourth-order valence-corrected chi connectivity index (χ4v) is 2.04. The van der Waals surface area contributed by atoms with Crippen molar-refractivity contribution in [2.75, 3.05) is 0 Å². The zero-order chi connectivity index (χ0) is 12.3. The van der Waals surface area contributed by atoms with Gasteiger partial charge in [0.05, 0.1) is 5.02 Å². The lowest BCUT2D eigenvalue weighted by Crippen LogP contribution is -1.86. The highest BCUT2D eigenvalue weighted by Crippen LogP contribution is 2.34. The molecule has 2 rings (SSSR count). The number of hydrogen-bond donors (Lipinski definition) is 0. The first-order chi connectivity index (χ1) is 8.20. The first-order valence-electron chi connectivity index (χ1n) is 4.97. The molecule has 1 nitrogen and oxygen atoms in total. The van der Waals surface area contributed by atoms with Crippen LogP contribution in [0, 0.1) is 0 Å². The van der Waals surface area contributed by atoms with E-state index in [9.17, 15) is 0 Å². The molecule has 0 saturated heterocycles. The molecule has 0 aliphatic carbocycles. The minimum atomic E-state index is 0.429. The van der Waals surface area contributed by atoms with Gasteiger partial charge in [-0.15, -0.1) is 0 Å². The van der Waals surface area contributed by atoms with E-state index in [1.807, 2.05) is 24.3 Å². The van der Waals surface area contributed by atoms with Gasteiger partial charge in [0.15, 0.2) is 0 Å². The Balaban J connectivity index is 2.22. The van der Waals surface area contributed by atoms with Gasteiger partial charge in [0.25, 0.3) is 0 Å². The second-order valence-corrected chi connectivity index (χ2v) is 4.78. The van der Waals surface area contributed by atoms with Gasteiger partial charge < -0.3 is 4.74 Å². The van der Waals surface area contributed by atoms with E-state index in [0.29, 0.717) is 15.8 Å². The Hall–Kier alpha value is -0.700. The van der Waals surface area contributed by atoms with E-state index in [1.165, 1.54) is 5.56 Å². The van der Waals surface area contributed by atoms with Gasteiger partial charge in [0, 0.05) is 5.33 Å². The van der Waals surface area contributed by atoms with Gasteiger partial charge in [0.2, 0.25) is 0 Å². The number of hydrogen-bond acceptors (Lipinski definition) is 1. The summed E-state index contributed by atoms with van der Waals surface area (Å²) in [7, 11) is 0. The Labute approximate surface area is 118 Å². The molecule has 2 aromatic carbocycles. The van der Waals surface area contributed by atoms with Gasteiger partial charge >= 0.3 is 0 Å². The Bertz CT molecular complexity index is 511. The number of rotatable bonds is 3. The lowest BCUT2D eigenvalue weighted by atomic mass is 10.2. The number of ether oxygens (including phenoxy) is 1. The summed E-state index contributed by atoms with van der Waals surface area (Å²) >= 11 is 15.3. The lowest BCUT2D eigenvalue weighted by molar-refractivity contribution is 0.483. The molecule has 4 heteroatoms. The maximum Gasteiger partial charge on any atom is 0.147 e. The van der Waals surface area contributed by atoms with Crippen LogP contribution in [-0.2, 0) is 5.33 Å². The third-order valence-electron chi connectivity index (χ3n) is 2.22. The van der Waals surface area contributed by atoms with E-state index in [1.54, 1.807) is 18.2 Å². The van der Waals surface area contributed by atoms with Gasteiger partial charge in [-0.1, -0.05) is 57.3 Å². The molecule has 88 valence electrons. The zero-order valence-electron chi connectivity index (χ0n) is 8.79. The van der Waals surface area contributed by atoms with Crippen molar-refractivity contribution in [2.45, 2.75) is 5.33 Å². The molecule has 0 amide bonds. The molecule has 0 aromatic heterocycles. The minimum absolute atomic E-state index is 0.429. The average Bonchev–Trinajstić information content (AvgIpc) is 2.36. The molecule has 0 radical (unpaired) electrons. The van der Waals surface area contributed by atoms with Crippen molar-refractivity contribution in [3.05, 3.63) is 58.1 Å². The molecule has 0 heterocycles. The second-order valence-electron chi connectivity index (χ2n) is 3.43. The molecule has 2 aromatic rings. The van der Waals surface area contributed by atoms with Crippen molar-refractivity contribution < 1.29 is 4.74 Å². The van der Waals surface area contributed by atoms with Crippen LogP contribution < -0.4 is 4.74 Å². The van der Waals surface area contributed by atoms with Crippen LogP contribution in [0.3, 0.4) is 0 Å². The van der Waals surface area contributed by atoms with Crippen molar-refractivity contribution in [3.8, 4) is 11.5 Å². The lowest BCUT2D eigenvalue weighted by Gasteiger charge is -2.08. The molecule has 0 fully saturated rings. The highest BCUT2D eigenvalue weighted by Gasteiger charge is 2.06. The van der Waals surface area contributed by atoms with Crippen LogP contribution in [0.25, 0.3) is 0 Å². The summed E-state index contributed by atoms with van der Waals surface area (Å²) in [6.45, 7) is 0. The van der Waals surface area contributed by atoms with Crippen molar-refractivity contribution >= 4 is 39.1 Å². The van der Waals surface area contributed by atoms with Gasteiger partial charge in [-0.25, -0.2) is 0 Å². The summed E-state index contributed by atoms with van der Waals surface area (Å²) in [6.07, 6.45) is 0. The fraction of sp³-hybridized carbons (Fsp3) is 0.0769. The minimum Gasteiger partial charge on any atom is -0.456 e.